The van der Waals surface area contributed by atoms with Crippen LogP contribution in [0.2, 0.25) is 0 Å². The number of hydrogen-bond donors (Lipinski definition) is 2. The first-order valence-corrected chi connectivity index (χ1v) is 6.09. The van der Waals surface area contributed by atoms with Crippen LogP contribution in [0.15, 0.2) is 42.5 Å². The Kier molecular flexibility index (Phi) is 2.59. The normalized spacial score (nSPS) is 17.1. The number of ether oxygens (including phenoxy) is 1. The summed E-state index contributed by atoms with van der Waals surface area (Å²) in [5.74, 6) is 0.960. The van der Waals surface area contributed by atoms with E-state index in [1.807, 2.05) is 30.3 Å². The van der Waals surface area contributed by atoms with E-state index >= 15 is 0 Å². The van der Waals surface area contributed by atoms with Gasteiger partial charge in [-0.25, -0.2) is 0 Å². The van der Waals surface area contributed by atoms with E-state index in [2.05, 4.69) is 24.4 Å². The van der Waals surface area contributed by atoms with Crippen molar-refractivity contribution in [1.82, 2.24) is 0 Å². The predicted octanol–water partition coefficient (Wildman–Crippen LogP) is 3.12. The lowest BCUT2D eigenvalue weighted by Gasteiger charge is -2.17. The Bertz CT molecular complexity index is 560. The molecule has 1 aliphatic heterocycles. The molecule has 0 bridgehead atoms. The molecule has 3 nitrogen and oxygen atoms in total. The van der Waals surface area contributed by atoms with Crippen molar-refractivity contribution in [3.8, 4) is 5.75 Å². The summed E-state index contributed by atoms with van der Waals surface area (Å²) in [7, 11) is 0. The Morgan fingerprint density at radius 3 is 2.83 bits per heavy atom. The highest BCUT2D eigenvalue weighted by Crippen LogP contribution is 2.36. The van der Waals surface area contributed by atoms with Crippen molar-refractivity contribution >= 4 is 11.4 Å². The number of nitrogens with one attached hydrogen (secondary N) is 1. The van der Waals surface area contributed by atoms with E-state index in [9.17, 15) is 0 Å². The number of fused-ring (bicyclic) bond motifs is 1. The molecule has 1 aliphatic rings. The Hall–Kier alpha value is -2.16. The van der Waals surface area contributed by atoms with Crippen LogP contribution >= 0.6 is 0 Å². The summed E-state index contributed by atoms with van der Waals surface area (Å²) in [4.78, 5) is 0. The second kappa shape index (κ2) is 4.26. The molecule has 3 heteroatoms. The van der Waals surface area contributed by atoms with Gasteiger partial charge in [0.05, 0.1) is 17.4 Å². The predicted molar refractivity (Wildman–Crippen MR) is 73.9 cm³/mol. The summed E-state index contributed by atoms with van der Waals surface area (Å²) in [6, 6.07) is 14.2. The molecular formula is C15H16N2O. The van der Waals surface area contributed by atoms with E-state index in [4.69, 9.17) is 10.5 Å². The molecule has 3 rings (SSSR count). The lowest BCUT2D eigenvalue weighted by molar-refractivity contribution is 0.340. The Labute approximate surface area is 107 Å². The van der Waals surface area contributed by atoms with Crippen molar-refractivity contribution in [2.45, 2.75) is 13.0 Å². The Morgan fingerprint density at radius 2 is 2.00 bits per heavy atom. The molecule has 18 heavy (non-hydrogen) atoms. The first-order chi connectivity index (χ1) is 8.75. The summed E-state index contributed by atoms with van der Waals surface area (Å²) in [5, 5.41) is 3.48. The summed E-state index contributed by atoms with van der Waals surface area (Å²) in [5.41, 5.74) is 10.1. The largest absolute Gasteiger partial charge is 0.491 e. The molecule has 0 saturated carbocycles. The monoisotopic (exact) mass is 240 g/mol. The molecule has 2 aromatic rings. The van der Waals surface area contributed by atoms with E-state index in [1.165, 1.54) is 5.56 Å². The molecule has 92 valence electrons. The van der Waals surface area contributed by atoms with Gasteiger partial charge in [0, 0.05) is 5.56 Å². The highest BCUT2D eigenvalue weighted by molar-refractivity contribution is 5.70. The van der Waals surface area contributed by atoms with Crippen LogP contribution in [-0.2, 0) is 0 Å². The third-order valence-corrected chi connectivity index (χ3v) is 3.32. The van der Waals surface area contributed by atoms with Gasteiger partial charge in [0.2, 0.25) is 0 Å². The van der Waals surface area contributed by atoms with Crippen molar-refractivity contribution in [1.29, 1.82) is 0 Å². The van der Waals surface area contributed by atoms with Gasteiger partial charge in [0.15, 0.2) is 0 Å². The quantitative estimate of drug-likeness (QED) is 0.793. The van der Waals surface area contributed by atoms with Crippen molar-refractivity contribution < 1.29 is 4.74 Å². The number of para-hydroxylation sites is 2. The van der Waals surface area contributed by atoms with Crippen LogP contribution in [0.1, 0.15) is 17.2 Å². The lowest BCUT2D eigenvalue weighted by atomic mass is 10.1. The average Bonchev–Trinajstić information content (AvgIpc) is 2.77. The number of rotatable bonds is 2. The maximum Gasteiger partial charge on any atom is 0.124 e. The van der Waals surface area contributed by atoms with E-state index in [0.717, 1.165) is 22.7 Å². The van der Waals surface area contributed by atoms with Crippen molar-refractivity contribution in [3.63, 3.8) is 0 Å². The van der Waals surface area contributed by atoms with Crippen molar-refractivity contribution in [2.75, 3.05) is 17.7 Å². The van der Waals surface area contributed by atoms with Gasteiger partial charge in [-0.2, -0.15) is 0 Å². The first kappa shape index (κ1) is 11.0. The first-order valence-electron chi connectivity index (χ1n) is 6.09. The summed E-state index contributed by atoms with van der Waals surface area (Å²) in [6.07, 6.45) is 0. The number of nitrogens with two attached hydrogens (primary N) is 1. The average molecular weight is 240 g/mol. The maximum absolute atomic E-state index is 6.02. The smallest absolute Gasteiger partial charge is 0.124 e. The molecule has 0 aromatic heterocycles. The van der Waals surface area contributed by atoms with Crippen LogP contribution < -0.4 is 15.8 Å². The van der Waals surface area contributed by atoms with E-state index < -0.39 is 0 Å². The van der Waals surface area contributed by atoms with Crippen LogP contribution in [0.5, 0.6) is 5.75 Å². The molecule has 0 amide bonds. The standard InChI is InChI=1S/C15H16N2O/c1-10-5-4-7-12(16)15(10)17-13-9-18-14-8-3-2-6-11(13)14/h2-8,13,17H,9,16H2,1H3. The number of hydrogen-bond acceptors (Lipinski definition) is 3. The van der Waals surface area contributed by atoms with Crippen LogP contribution in [-0.4, -0.2) is 6.61 Å². The lowest BCUT2D eigenvalue weighted by Crippen LogP contribution is -2.14. The van der Waals surface area contributed by atoms with Crippen LogP contribution in [0.4, 0.5) is 11.4 Å². The minimum Gasteiger partial charge on any atom is -0.491 e. The second-order valence-electron chi connectivity index (χ2n) is 4.58. The Balaban J connectivity index is 1.91. The zero-order valence-corrected chi connectivity index (χ0v) is 10.3. The van der Waals surface area contributed by atoms with Crippen molar-refractivity contribution in [2.24, 2.45) is 0 Å². The molecule has 2 aromatic carbocycles. The van der Waals surface area contributed by atoms with Gasteiger partial charge in [-0.1, -0.05) is 30.3 Å². The van der Waals surface area contributed by atoms with Gasteiger partial charge in [-0.05, 0) is 24.6 Å². The fourth-order valence-corrected chi connectivity index (χ4v) is 2.34. The number of aryl methyl sites for hydroxylation is 1. The fraction of sp³-hybridized carbons (Fsp3) is 0.200. The van der Waals surface area contributed by atoms with E-state index in [1.54, 1.807) is 0 Å². The van der Waals surface area contributed by atoms with Crippen LogP contribution in [0.25, 0.3) is 0 Å². The maximum atomic E-state index is 6.02. The second-order valence-corrected chi connectivity index (χ2v) is 4.58. The van der Waals surface area contributed by atoms with Gasteiger partial charge in [0.25, 0.3) is 0 Å². The van der Waals surface area contributed by atoms with Crippen molar-refractivity contribution in [3.05, 3.63) is 53.6 Å². The third kappa shape index (κ3) is 1.78. The minimum absolute atomic E-state index is 0.171. The topological polar surface area (TPSA) is 47.3 Å². The van der Waals surface area contributed by atoms with E-state index in [0.29, 0.717) is 6.61 Å². The highest BCUT2D eigenvalue weighted by atomic mass is 16.5. The summed E-state index contributed by atoms with van der Waals surface area (Å²) >= 11 is 0. The summed E-state index contributed by atoms with van der Waals surface area (Å²) in [6.45, 7) is 2.70. The van der Waals surface area contributed by atoms with Gasteiger partial charge in [0.1, 0.15) is 12.4 Å². The molecule has 1 atom stereocenters. The molecular weight excluding hydrogens is 224 g/mol. The number of nitrogen functional groups attached to an aromatic ring is 1. The molecule has 1 unspecified atom stereocenters. The SMILES string of the molecule is Cc1cccc(N)c1NC1COc2ccccc21. The molecule has 0 spiro atoms. The van der Waals surface area contributed by atoms with E-state index in [-0.39, 0.29) is 6.04 Å². The van der Waals surface area contributed by atoms with Gasteiger partial charge in [-0.3, -0.25) is 0 Å². The van der Waals surface area contributed by atoms with Gasteiger partial charge in [-0.15, -0.1) is 0 Å². The van der Waals surface area contributed by atoms with Crippen LogP contribution in [0, 0.1) is 6.92 Å². The zero-order valence-electron chi connectivity index (χ0n) is 10.3. The summed E-state index contributed by atoms with van der Waals surface area (Å²) < 4.78 is 5.66. The molecule has 3 N–H and O–H groups in total. The molecule has 0 saturated heterocycles. The van der Waals surface area contributed by atoms with Gasteiger partial charge >= 0.3 is 0 Å². The molecule has 1 heterocycles. The Morgan fingerprint density at radius 1 is 1.17 bits per heavy atom. The van der Waals surface area contributed by atoms with Gasteiger partial charge < -0.3 is 15.8 Å². The number of benzene rings is 2. The third-order valence-electron chi connectivity index (χ3n) is 3.32. The number of anilines is 2. The highest BCUT2D eigenvalue weighted by Gasteiger charge is 2.24. The fourth-order valence-electron chi connectivity index (χ4n) is 2.34. The molecule has 0 radical (unpaired) electrons. The minimum atomic E-state index is 0.171. The molecule has 0 aliphatic carbocycles. The molecule has 0 fully saturated rings. The van der Waals surface area contributed by atoms with Crippen LogP contribution in [0.3, 0.4) is 0 Å². The zero-order chi connectivity index (χ0) is 12.5.